The fraction of sp³-hybridized carbons (Fsp3) is 0.118. The molecule has 2 aliphatic rings. The highest BCUT2D eigenvalue weighted by atomic mass is 35.5. The third kappa shape index (κ3) is 4.61. The van der Waals surface area contributed by atoms with E-state index in [2.05, 4.69) is 42.5 Å². The van der Waals surface area contributed by atoms with E-state index in [4.69, 9.17) is 21.0 Å². The number of nitrogens with zero attached hydrogens (tertiary/aromatic N) is 2. The van der Waals surface area contributed by atoms with Gasteiger partial charge in [-0.2, -0.15) is 0 Å². The summed E-state index contributed by atoms with van der Waals surface area (Å²) in [6, 6.07) is 31.8. The highest BCUT2D eigenvalue weighted by molar-refractivity contribution is 7.07. The summed E-state index contributed by atoms with van der Waals surface area (Å²) in [5.74, 6) is 1.35. The van der Waals surface area contributed by atoms with Gasteiger partial charge in [0.05, 0.1) is 16.3 Å². The number of fused-ring (bicyclic) bond motifs is 1. The minimum Gasteiger partial charge on any atom is -0.457 e. The van der Waals surface area contributed by atoms with Gasteiger partial charge in [0.1, 0.15) is 11.5 Å². The zero-order valence-electron chi connectivity index (χ0n) is 21.6. The first-order chi connectivity index (χ1) is 19.6. The Morgan fingerprint density at radius 3 is 2.40 bits per heavy atom. The van der Waals surface area contributed by atoms with E-state index in [0.29, 0.717) is 20.1 Å². The van der Waals surface area contributed by atoms with Crippen molar-refractivity contribution >= 4 is 35.1 Å². The van der Waals surface area contributed by atoms with Crippen LogP contribution in [0.25, 0.3) is 23.5 Å². The Morgan fingerprint density at radius 2 is 1.62 bits per heavy atom. The quantitative estimate of drug-likeness (QED) is 0.230. The first-order valence-electron chi connectivity index (χ1n) is 13.4. The van der Waals surface area contributed by atoms with Crippen LogP contribution in [0.4, 0.5) is 0 Å². The molecule has 40 heavy (non-hydrogen) atoms. The second kappa shape index (κ2) is 10.4. The molecule has 0 bridgehead atoms. The first-order valence-corrected chi connectivity index (χ1v) is 14.5. The summed E-state index contributed by atoms with van der Waals surface area (Å²) in [5.41, 5.74) is 6.61. The van der Waals surface area contributed by atoms with Gasteiger partial charge in [-0.05, 0) is 84.0 Å². The van der Waals surface area contributed by atoms with Crippen molar-refractivity contribution in [2.24, 2.45) is 4.99 Å². The Bertz CT molecular complexity index is 1950. The number of thiazole rings is 1. The molecule has 5 aromatic rings. The topological polar surface area (TPSA) is 47.5 Å². The normalized spacial score (nSPS) is 18.0. The maximum Gasteiger partial charge on any atom is 0.271 e. The summed E-state index contributed by atoms with van der Waals surface area (Å²) in [5, 5.41) is 0.675. The molecule has 2 aromatic heterocycles. The van der Waals surface area contributed by atoms with Crippen molar-refractivity contribution in [2.45, 2.75) is 25.3 Å². The van der Waals surface area contributed by atoms with Crippen molar-refractivity contribution in [3.63, 3.8) is 0 Å². The number of allylic oxidation sites excluding steroid dienone is 2. The van der Waals surface area contributed by atoms with Crippen LogP contribution in [-0.4, -0.2) is 4.57 Å². The number of halogens is 1. The van der Waals surface area contributed by atoms with E-state index in [1.165, 1.54) is 22.5 Å². The van der Waals surface area contributed by atoms with Crippen LogP contribution >= 0.6 is 22.9 Å². The smallest absolute Gasteiger partial charge is 0.271 e. The van der Waals surface area contributed by atoms with E-state index in [1.54, 1.807) is 0 Å². The van der Waals surface area contributed by atoms with Crippen LogP contribution in [0.2, 0.25) is 5.02 Å². The molecule has 0 radical (unpaired) electrons. The molecule has 1 aliphatic carbocycles. The summed E-state index contributed by atoms with van der Waals surface area (Å²) >= 11 is 7.46. The van der Waals surface area contributed by atoms with Gasteiger partial charge in [0.2, 0.25) is 0 Å². The molecule has 4 nitrogen and oxygen atoms in total. The molecular weight excluding hydrogens is 536 g/mol. The molecule has 7 rings (SSSR count). The van der Waals surface area contributed by atoms with Crippen LogP contribution in [0, 0.1) is 0 Å². The molecule has 6 heteroatoms. The van der Waals surface area contributed by atoms with Gasteiger partial charge in [-0.25, -0.2) is 4.99 Å². The van der Waals surface area contributed by atoms with Crippen molar-refractivity contribution in [3.8, 4) is 11.3 Å². The van der Waals surface area contributed by atoms with Crippen LogP contribution < -0.4 is 14.9 Å². The third-order valence-corrected chi connectivity index (χ3v) is 8.65. The van der Waals surface area contributed by atoms with E-state index in [0.717, 1.165) is 47.4 Å². The van der Waals surface area contributed by atoms with Crippen molar-refractivity contribution in [1.82, 2.24) is 4.57 Å². The van der Waals surface area contributed by atoms with Crippen molar-refractivity contribution in [1.29, 1.82) is 0 Å². The van der Waals surface area contributed by atoms with Gasteiger partial charge in [0.25, 0.3) is 5.56 Å². The second-order valence-corrected chi connectivity index (χ2v) is 11.5. The number of aromatic nitrogens is 1. The Labute approximate surface area is 240 Å². The van der Waals surface area contributed by atoms with Crippen LogP contribution in [0.5, 0.6) is 0 Å². The number of furan rings is 1. The van der Waals surface area contributed by atoms with Crippen molar-refractivity contribution in [2.75, 3.05) is 0 Å². The molecule has 3 aromatic carbocycles. The zero-order valence-corrected chi connectivity index (χ0v) is 23.2. The average Bonchev–Trinajstić information content (AvgIpc) is 3.58. The molecule has 0 spiro atoms. The first kappa shape index (κ1) is 24.8. The third-order valence-electron chi connectivity index (χ3n) is 7.42. The Balaban J connectivity index is 1.37. The summed E-state index contributed by atoms with van der Waals surface area (Å²) in [7, 11) is 0. The largest absolute Gasteiger partial charge is 0.457 e. The molecule has 0 fully saturated rings. The number of hydrogen-bond donors (Lipinski definition) is 0. The molecular formula is C34H25ClN2O2S. The van der Waals surface area contributed by atoms with Gasteiger partial charge in [0, 0.05) is 16.7 Å². The highest BCUT2D eigenvalue weighted by Crippen LogP contribution is 2.41. The molecule has 196 valence electrons. The van der Waals surface area contributed by atoms with E-state index < -0.39 is 0 Å². The van der Waals surface area contributed by atoms with Crippen LogP contribution in [0.15, 0.2) is 128 Å². The molecule has 0 saturated carbocycles. The van der Waals surface area contributed by atoms with E-state index in [9.17, 15) is 4.79 Å². The fourth-order valence-electron chi connectivity index (χ4n) is 5.57. The van der Waals surface area contributed by atoms with Crippen LogP contribution in [0.1, 0.15) is 42.2 Å². The minimum atomic E-state index is -0.185. The summed E-state index contributed by atoms with van der Waals surface area (Å²) in [4.78, 5) is 19.8. The van der Waals surface area contributed by atoms with E-state index in [-0.39, 0.29) is 11.6 Å². The van der Waals surface area contributed by atoms with Crippen LogP contribution in [-0.2, 0) is 0 Å². The lowest BCUT2D eigenvalue weighted by molar-refractivity contribution is 0.553. The predicted octanol–water partition coefficient (Wildman–Crippen LogP) is 7.40. The monoisotopic (exact) mass is 560 g/mol. The average molecular weight is 561 g/mol. The SMILES string of the molecule is O=c1c(=Cc2ccc(-c3ccc(Cl)cc3)o2)sc2n1[C@H](c1ccccc1)C1=C(N=2)/C(=C/c2ccccc2)CCC1. The fourth-order valence-corrected chi connectivity index (χ4v) is 6.68. The Kier molecular flexibility index (Phi) is 6.46. The van der Waals surface area contributed by atoms with Crippen LogP contribution in [0.3, 0.4) is 0 Å². The van der Waals surface area contributed by atoms with Gasteiger partial charge in [-0.15, -0.1) is 0 Å². The Morgan fingerprint density at radius 1 is 0.875 bits per heavy atom. The molecule has 0 amide bonds. The lowest BCUT2D eigenvalue weighted by atomic mass is 9.84. The number of rotatable bonds is 4. The number of hydrogen-bond acceptors (Lipinski definition) is 4. The van der Waals surface area contributed by atoms with Gasteiger partial charge < -0.3 is 4.42 Å². The standard InChI is InChI=1S/C34H25ClN2O2S/c35-26-16-14-23(15-17-26)29-19-18-27(39-29)21-30-33(38)37-32(24-10-5-2-6-11-24)28-13-7-12-25(31(28)36-34(37)40-30)20-22-8-3-1-4-9-22/h1-6,8-11,14-21,32H,7,12-13H2/b25-20+,30-21?/t32-/m1/s1. The molecule has 0 N–H and O–H groups in total. The summed E-state index contributed by atoms with van der Waals surface area (Å²) < 4.78 is 8.58. The molecule has 1 aliphatic heterocycles. The lowest BCUT2D eigenvalue weighted by Gasteiger charge is -2.31. The van der Waals surface area contributed by atoms with E-state index in [1.807, 2.05) is 71.3 Å². The zero-order chi connectivity index (χ0) is 27.1. The van der Waals surface area contributed by atoms with Gasteiger partial charge in [-0.1, -0.05) is 83.6 Å². The maximum atomic E-state index is 14.0. The minimum absolute atomic E-state index is 0.0484. The molecule has 0 saturated heterocycles. The molecule has 3 heterocycles. The number of benzene rings is 3. The van der Waals surface area contributed by atoms with Gasteiger partial charge in [0.15, 0.2) is 4.80 Å². The molecule has 1 atom stereocenters. The van der Waals surface area contributed by atoms with Gasteiger partial charge >= 0.3 is 0 Å². The summed E-state index contributed by atoms with van der Waals surface area (Å²) in [6.45, 7) is 0. The highest BCUT2D eigenvalue weighted by Gasteiger charge is 2.32. The second-order valence-electron chi connectivity index (χ2n) is 10.0. The summed E-state index contributed by atoms with van der Waals surface area (Å²) in [6.07, 6.45) is 6.98. The van der Waals surface area contributed by atoms with Crippen molar-refractivity contribution < 1.29 is 4.42 Å². The Hall–Kier alpha value is -4.19. The van der Waals surface area contributed by atoms with Crippen molar-refractivity contribution in [3.05, 3.63) is 156 Å². The van der Waals surface area contributed by atoms with Gasteiger partial charge in [-0.3, -0.25) is 9.36 Å². The molecule has 0 unspecified atom stereocenters. The predicted molar refractivity (Wildman–Crippen MR) is 162 cm³/mol. The maximum absolute atomic E-state index is 14.0. The lowest BCUT2D eigenvalue weighted by Crippen LogP contribution is -2.39. The van der Waals surface area contributed by atoms with E-state index >= 15 is 0 Å².